The summed E-state index contributed by atoms with van der Waals surface area (Å²) in [4.78, 5) is 0. The van der Waals surface area contributed by atoms with Crippen molar-refractivity contribution in [1.29, 1.82) is 0 Å². The van der Waals surface area contributed by atoms with Crippen LogP contribution in [0.1, 0.15) is 91.5 Å². The molecule has 1 unspecified atom stereocenters. The summed E-state index contributed by atoms with van der Waals surface area (Å²) in [5, 5.41) is 0. The topological polar surface area (TPSA) is 0 Å². The summed E-state index contributed by atoms with van der Waals surface area (Å²) < 4.78 is 86.5. The number of fused-ring (bicyclic) bond motifs is 3. The first-order chi connectivity index (χ1) is 23.5. The number of benzene rings is 4. The van der Waals surface area contributed by atoms with E-state index in [2.05, 4.69) is 84.0 Å². The van der Waals surface area contributed by atoms with E-state index in [0.717, 1.165) is 58.7 Å². The van der Waals surface area contributed by atoms with E-state index < -0.39 is 44.7 Å². The average molecular weight is 835 g/mol. The number of hydrogen-bond acceptors (Lipinski definition) is 0. The van der Waals surface area contributed by atoms with Gasteiger partial charge in [-0.1, -0.05) is 0 Å². The van der Waals surface area contributed by atoms with Crippen molar-refractivity contribution in [2.75, 3.05) is 0 Å². The molecule has 0 aromatic heterocycles. The molecule has 52 heavy (non-hydrogen) atoms. The maximum atomic E-state index is 13.8. The van der Waals surface area contributed by atoms with Crippen LogP contribution < -0.4 is 28.1 Å². The van der Waals surface area contributed by atoms with Crippen molar-refractivity contribution in [1.82, 2.24) is 0 Å². The van der Waals surface area contributed by atoms with Gasteiger partial charge >= 0.3 is 301 Å². The van der Waals surface area contributed by atoms with Crippen LogP contribution in [-0.4, -0.2) is 3.21 Å². The van der Waals surface area contributed by atoms with Crippen LogP contribution in [0.4, 0.5) is 26.3 Å². The van der Waals surface area contributed by atoms with Gasteiger partial charge in [0.05, 0.1) is 0 Å². The summed E-state index contributed by atoms with van der Waals surface area (Å²) in [5.41, 5.74) is 8.02. The minimum absolute atomic E-state index is 0. The molecule has 0 fully saturated rings. The fourth-order valence-electron chi connectivity index (χ4n) is 7.41. The number of halogens is 8. The minimum Gasteiger partial charge on any atom is -1.00 e. The van der Waals surface area contributed by atoms with Gasteiger partial charge in [-0.15, -0.1) is 0 Å². The Balaban J connectivity index is 0.00000302. The van der Waals surface area contributed by atoms with Crippen molar-refractivity contribution in [2.45, 2.75) is 79.6 Å². The van der Waals surface area contributed by atoms with Crippen molar-refractivity contribution in [3.8, 4) is 11.1 Å². The summed E-state index contributed by atoms with van der Waals surface area (Å²) in [6.07, 6.45) is -0.573. The van der Waals surface area contributed by atoms with Crippen molar-refractivity contribution in [2.24, 2.45) is 11.3 Å². The number of aryl methyl sites for hydroxylation is 2. The third-order valence-corrected chi connectivity index (χ3v) is 18.3. The Bertz CT molecular complexity index is 1970. The van der Waals surface area contributed by atoms with Gasteiger partial charge in [-0.2, -0.15) is 0 Å². The molecule has 0 N–H and O–H groups in total. The third kappa shape index (κ3) is 8.48. The normalized spacial score (nSPS) is 15.0. The van der Waals surface area contributed by atoms with E-state index in [1.54, 1.807) is 0 Å². The van der Waals surface area contributed by atoms with E-state index in [1.807, 2.05) is 0 Å². The first-order valence-corrected chi connectivity index (χ1v) is 20.9. The average Bonchev–Trinajstić information content (AvgIpc) is 3.63. The summed E-state index contributed by atoms with van der Waals surface area (Å²) in [6.45, 7) is 13.0. The second-order valence-electron chi connectivity index (χ2n) is 14.7. The zero-order valence-corrected chi connectivity index (χ0v) is 34.1. The van der Waals surface area contributed by atoms with Gasteiger partial charge in [-0.05, 0) is 0 Å². The first kappa shape index (κ1) is 42.0. The van der Waals surface area contributed by atoms with Crippen LogP contribution in [0.3, 0.4) is 0 Å². The molecule has 0 saturated heterocycles. The molecule has 0 heterocycles. The standard InChI is InChI=1S/C15H8F6.C15H13.C13H21.2ClH.Zr/c16-14(17,18)12-5-1-10(2-6-12)9-11-3-7-13(8-4-11)15(19,20)21;1-10-3-5-14-12(7-10)9-13-8-11(2)4-6-15(13)14;1-5-6-7-11-8-9-12(10-11)13(2,3)4;;;/h1-8H;3-7H,9H2,1-2H3;9-11H,5-7H2,1-4H3;2*1H;/q;;;;;+2/p-2. The van der Waals surface area contributed by atoms with Crippen LogP contribution >= 0.6 is 0 Å². The summed E-state index contributed by atoms with van der Waals surface area (Å²) in [6, 6.07) is 21.4. The molecule has 6 rings (SSSR count). The van der Waals surface area contributed by atoms with E-state index in [1.165, 1.54) is 64.2 Å². The largest absolute Gasteiger partial charge is 1.00 e. The van der Waals surface area contributed by atoms with Crippen molar-refractivity contribution in [3.05, 3.63) is 144 Å². The molecule has 2 aliphatic rings. The fourth-order valence-corrected chi connectivity index (χ4v) is 16.4. The molecule has 274 valence electrons. The van der Waals surface area contributed by atoms with Gasteiger partial charge in [0.15, 0.2) is 0 Å². The Labute approximate surface area is 323 Å². The predicted octanol–water partition coefficient (Wildman–Crippen LogP) is 6.11. The van der Waals surface area contributed by atoms with Gasteiger partial charge < -0.3 is 24.8 Å². The molecule has 0 nitrogen and oxygen atoms in total. The predicted molar refractivity (Wildman–Crippen MR) is 189 cm³/mol. The Morgan fingerprint density at radius 1 is 0.731 bits per heavy atom. The third-order valence-electron chi connectivity index (χ3n) is 10.1. The molecule has 0 amide bonds. The molecule has 4 aromatic rings. The van der Waals surface area contributed by atoms with Crippen molar-refractivity contribution in [3.63, 3.8) is 0 Å². The van der Waals surface area contributed by atoms with Crippen LogP contribution in [0, 0.1) is 25.2 Å². The molecule has 9 heteroatoms. The molecule has 0 saturated carbocycles. The zero-order chi connectivity index (χ0) is 36.2. The SMILES string of the molecule is CCCCC1C=C(C(C)(C)C)C=[C]1[Zr+2](=[C](c1ccc(C(F)(F)F)cc1)c1ccc(C(F)(F)F)cc1)[c]1c(C)ccc2c1Cc1cc(C)ccc1-2.[Cl-].[Cl-]. The Morgan fingerprint density at radius 2 is 1.27 bits per heavy atom. The van der Waals surface area contributed by atoms with E-state index in [-0.39, 0.29) is 36.1 Å². The zero-order valence-electron chi connectivity index (χ0n) is 30.1. The molecular formula is C43H42Cl2F6Zr. The summed E-state index contributed by atoms with van der Waals surface area (Å²) >= 11 is -3.50. The van der Waals surface area contributed by atoms with E-state index >= 15 is 0 Å². The quantitative estimate of drug-likeness (QED) is 0.174. The van der Waals surface area contributed by atoms with Gasteiger partial charge in [0.25, 0.3) is 0 Å². The number of rotatable bonds is 7. The van der Waals surface area contributed by atoms with Gasteiger partial charge in [0.1, 0.15) is 0 Å². The van der Waals surface area contributed by atoms with Crippen LogP contribution in [0.15, 0.2) is 99.9 Å². The first-order valence-electron chi connectivity index (χ1n) is 17.2. The summed E-state index contributed by atoms with van der Waals surface area (Å²) in [5.74, 6) is 0.138. The van der Waals surface area contributed by atoms with E-state index in [4.69, 9.17) is 0 Å². The van der Waals surface area contributed by atoms with Gasteiger partial charge in [-0.3, -0.25) is 0 Å². The van der Waals surface area contributed by atoms with Crippen molar-refractivity contribution >= 4 is 6.48 Å². The Morgan fingerprint density at radius 3 is 1.77 bits per heavy atom. The molecule has 2 aliphatic carbocycles. The van der Waals surface area contributed by atoms with Crippen LogP contribution in [0.5, 0.6) is 0 Å². The maximum Gasteiger partial charge on any atom is -1.00 e. The smallest absolute Gasteiger partial charge is 1.00 e. The van der Waals surface area contributed by atoms with Crippen molar-refractivity contribution < 1.29 is 72.4 Å². The molecule has 0 bridgehead atoms. The molecular weight excluding hydrogens is 793 g/mol. The summed E-state index contributed by atoms with van der Waals surface area (Å²) in [7, 11) is 0. The molecule has 1 atom stereocenters. The fraction of sp³-hybridized carbons (Fsp3) is 0.326. The van der Waals surface area contributed by atoms with E-state index in [0.29, 0.717) is 11.1 Å². The van der Waals surface area contributed by atoms with Crippen LogP contribution in [-0.2, 0) is 40.0 Å². The van der Waals surface area contributed by atoms with Gasteiger partial charge in [0.2, 0.25) is 0 Å². The Kier molecular flexibility index (Phi) is 12.9. The number of hydrogen-bond donors (Lipinski definition) is 0. The minimum atomic E-state index is -4.51. The molecule has 0 radical (unpaired) electrons. The molecule has 0 spiro atoms. The van der Waals surface area contributed by atoms with E-state index in [9.17, 15) is 26.3 Å². The second kappa shape index (κ2) is 15.9. The molecule has 4 aromatic carbocycles. The number of unbranched alkanes of at least 4 members (excludes halogenated alkanes) is 1. The van der Waals surface area contributed by atoms with Gasteiger partial charge in [0, 0.05) is 0 Å². The number of allylic oxidation sites excluding steroid dienone is 4. The molecule has 0 aliphatic heterocycles. The second-order valence-corrected chi connectivity index (χ2v) is 20.5. The Hall–Kier alpha value is -2.73. The van der Waals surface area contributed by atoms with Crippen LogP contribution in [0.25, 0.3) is 11.1 Å². The monoisotopic (exact) mass is 832 g/mol. The maximum absolute atomic E-state index is 13.8. The van der Waals surface area contributed by atoms with Crippen LogP contribution in [0.2, 0.25) is 0 Å². The number of alkyl halides is 6. The van der Waals surface area contributed by atoms with Gasteiger partial charge in [-0.25, -0.2) is 0 Å².